The summed E-state index contributed by atoms with van der Waals surface area (Å²) in [6.07, 6.45) is 1.02. The fraction of sp³-hybridized carbons (Fsp3) is 0.600. The molecule has 1 aliphatic rings. The van der Waals surface area contributed by atoms with Crippen LogP contribution in [0.5, 0.6) is 0 Å². The Morgan fingerprint density at radius 2 is 2.09 bits per heavy atom. The summed E-state index contributed by atoms with van der Waals surface area (Å²) >= 11 is 0. The van der Waals surface area contributed by atoms with Crippen LogP contribution in [0.4, 0.5) is 0 Å². The maximum absolute atomic E-state index is 10.1. The highest BCUT2D eigenvalue weighted by molar-refractivity contribution is 5.02. The third-order valence-corrected chi connectivity index (χ3v) is 4.16. The van der Waals surface area contributed by atoms with E-state index in [9.17, 15) is 5.11 Å². The van der Waals surface area contributed by atoms with Gasteiger partial charge in [0.05, 0.1) is 12.3 Å². The summed E-state index contributed by atoms with van der Waals surface area (Å²) in [4.78, 5) is 8.87. The van der Waals surface area contributed by atoms with Crippen LogP contribution in [-0.2, 0) is 0 Å². The number of piperazine rings is 1. The summed E-state index contributed by atoms with van der Waals surface area (Å²) in [5.41, 5.74) is 0. The van der Waals surface area contributed by atoms with Gasteiger partial charge in [0.2, 0.25) is 5.89 Å². The van der Waals surface area contributed by atoms with Crippen molar-refractivity contribution in [1.29, 1.82) is 0 Å². The molecular formula is C15H22N4O3. The van der Waals surface area contributed by atoms with Gasteiger partial charge in [-0.05, 0) is 26.0 Å². The van der Waals surface area contributed by atoms with E-state index < -0.39 is 6.10 Å². The Morgan fingerprint density at radius 1 is 1.32 bits per heavy atom. The van der Waals surface area contributed by atoms with E-state index in [0.717, 1.165) is 26.2 Å². The number of hydrogen-bond donors (Lipinski definition) is 1. The molecule has 0 saturated carbocycles. The van der Waals surface area contributed by atoms with Crippen molar-refractivity contribution in [3.05, 3.63) is 35.9 Å². The van der Waals surface area contributed by atoms with Crippen LogP contribution in [0.3, 0.4) is 0 Å². The van der Waals surface area contributed by atoms with Crippen molar-refractivity contribution in [1.82, 2.24) is 19.9 Å². The summed E-state index contributed by atoms with van der Waals surface area (Å²) in [5.74, 6) is 1.96. The molecule has 0 aromatic carbocycles. The topological polar surface area (TPSA) is 78.8 Å². The van der Waals surface area contributed by atoms with Gasteiger partial charge in [-0.15, -0.1) is 0 Å². The first kappa shape index (κ1) is 15.2. The van der Waals surface area contributed by atoms with Crippen molar-refractivity contribution in [2.75, 3.05) is 32.7 Å². The Morgan fingerprint density at radius 3 is 2.68 bits per heavy atom. The van der Waals surface area contributed by atoms with Crippen molar-refractivity contribution >= 4 is 0 Å². The quantitative estimate of drug-likeness (QED) is 0.894. The van der Waals surface area contributed by atoms with Crippen molar-refractivity contribution < 1.29 is 14.0 Å². The maximum atomic E-state index is 10.1. The lowest BCUT2D eigenvalue weighted by molar-refractivity contribution is 0.0452. The van der Waals surface area contributed by atoms with E-state index in [1.54, 1.807) is 18.4 Å². The van der Waals surface area contributed by atoms with Crippen LogP contribution in [0.2, 0.25) is 0 Å². The molecule has 3 rings (SSSR count). The lowest BCUT2D eigenvalue weighted by Gasteiger charge is -2.37. The molecule has 22 heavy (non-hydrogen) atoms. The Labute approximate surface area is 129 Å². The van der Waals surface area contributed by atoms with Gasteiger partial charge in [0.1, 0.15) is 11.9 Å². The molecule has 1 fully saturated rings. The van der Waals surface area contributed by atoms with E-state index >= 15 is 0 Å². The third-order valence-electron chi connectivity index (χ3n) is 4.16. The van der Waals surface area contributed by atoms with E-state index in [4.69, 9.17) is 8.94 Å². The van der Waals surface area contributed by atoms with E-state index in [2.05, 4.69) is 26.9 Å². The van der Waals surface area contributed by atoms with Crippen LogP contribution >= 0.6 is 0 Å². The van der Waals surface area contributed by atoms with Crippen LogP contribution in [0, 0.1) is 6.92 Å². The van der Waals surface area contributed by atoms with Crippen molar-refractivity contribution in [3.63, 3.8) is 0 Å². The fourth-order valence-electron chi connectivity index (χ4n) is 2.79. The second kappa shape index (κ2) is 6.60. The molecule has 0 radical (unpaired) electrons. The fourth-order valence-corrected chi connectivity index (χ4v) is 2.79. The zero-order valence-electron chi connectivity index (χ0n) is 13.0. The molecule has 0 aliphatic carbocycles. The van der Waals surface area contributed by atoms with Crippen molar-refractivity contribution in [3.8, 4) is 0 Å². The molecule has 0 amide bonds. The molecule has 7 heteroatoms. The van der Waals surface area contributed by atoms with E-state index in [1.165, 1.54) is 0 Å². The highest BCUT2D eigenvalue weighted by atomic mass is 16.5. The maximum Gasteiger partial charge on any atom is 0.243 e. The van der Waals surface area contributed by atoms with Gasteiger partial charge in [0, 0.05) is 32.7 Å². The smallest absolute Gasteiger partial charge is 0.243 e. The Bertz CT molecular complexity index is 575. The second-order valence-electron chi connectivity index (χ2n) is 5.72. The van der Waals surface area contributed by atoms with Crippen LogP contribution in [-0.4, -0.2) is 57.8 Å². The summed E-state index contributed by atoms with van der Waals surface area (Å²) < 4.78 is 10.5. The highest BCUT2D eigenvalue weighted by Crippen LogP contribution is 2.21. The largest absolute Gasteiger partial charge is 0.467 e. The molecule has 3 heterocycles. The number of β-amino-alcohol motifs (C(OH)–C–C–N with tert-alkyl or cyclic N) is 1. The predicted molar refractivity (Wildman–Crippen MR) is 79.1 cm³/mol. The summed E-state index contributed by atoms with van der Waals surface area (Å²) in [6, 6.07) is 3.73. The molecule has 0 unspecified atom stereocenters. The minimum absolute atomic E-state index is 0.123. The van der Waals surface area contributed by atoms with Crippen LogP contribution < -0.4 is 0 Å². The first-order valence-corrected chi connectivity index (χ1v) is 7.61. The second-order valence-corrected chi connectivity index (χ2v) is 5.72. The van der Waals surface area contributed by atoms with Crippen molar-refractivity contribution in [2.24, 2.45) is 0 Å². The number of aliphatic hydroxyl groups excluding tert-OH is 1. The van der Waals surface area contributed by atoms with Crippen LogP contribution in [0.15, 0.2) is 27.3 Å². The number of rotatable bonds is 5. The predicted octanol–water partition coefficient (Wildman–Crippen LogP) is 1.38. The standard InChI is InChI=1S/C15H22N4O3/c1-11(15-16-12(2)17-22-15)19-7-5-18(6-8-19)10-13(20)14-4-3-9-21-14/h3-4,9,11,13,20H,5-8,10H2,1-2H3/t11-,13-/m1/s1. The van der Waals surface area contributed by atoms with Gasteiger partial charge >= 0.3 is 0 Å². The first-order valence-electron chi connectivity index (χ1n) is 7.61. The van der Waals surface area contributed by atoms with Gasteiger partial charge in [-0.25, -0.2) is 0 Å². The summed E-state index contributed by atoms with van der Waals surface area (Å²) in [6.45, 7) is 8.12. The number of aromatic nitrogens is 2. The zero-order chi connectivity index (χ0) is 15.5. The average molecular weight is 306 g/mol. The number of hydrogen-bond acceptors (Lipinski definition) is 7. The highest BCUT2D eigenvalue weighted by Gasteiger charge is 2.26. The zero-order valence-corrected chi connectivity index (χ0v) is 13.0. The van der Waals surface area contributed by atoms with Gasteiger partial charge in [0.15, 0.2) is 5.82 Å². The molecule has 0 bridgehead atoms. The molecule has 120 valence electrons. The molecular weight excluding hydrogens is 284 g/mol. The molecule has 1 N–H and O–H groups in total. The van der Waals surface area contributed by atoms with E-state index in [-0.39, 0.29) is 6.04 Å². The van der Waals surface area contributed by atoms with Crippen LogP contribution in [0.1, 0.15) is 36.5 Å². The summed E-state index contributed by atoms with van der Waals surface area (Å²) in [7, 11) is 0. The van der Waals surface area contributed by atoms with Gasteiger partial charge in [-0.2, -0.15) is 4.98 Å². The molecule has 2 atom stereocenters. The normalized spacial score (nSPS) is 20.1. The van der Waals surface area contributed by atoms with Gasteiger partial charge in [-0.1, -0.05) is 5.16 Å². The minimum Gasteiger partial charge on any atom is -0.467 e. The number of nitrogens with zero attached hydrogens (tertiary/aromatic N) is 4. The molecule has 1 saturated heterocycles. The number of furan rings is 1. The lowest BCUT2D eigenvalue weighted by Crippen LogP contribution is -2.48. The Balaban J connectivity index is 1.50. The molecule has 7 nitrogen and oxygen atoms in total. The van der Waals surface area contributed by atoms with Gasteiger partial charge < -0.3 is 14.0 Å². The van der Waals surface area contributed by atoms with E-state index in [0.29, 0.717) is 24.0 Å². The minimum atomic E-state index is -0.572. The molecule has 0 spiro atoms. The molecule has 2 aromatic heterocycles. The lowest BCUT2D eigenvalue weighted by atomic mass is 10.2. The molecule has 1 aliphatic heterocycles. The molecule has 2 aromatic rings. The SMILES string of the molecule is Cc1noc([C@@H](C)N2CCN(C[C@@H](O)c3ccco3)CC2)n1. The summed E-state index contributed by atoms with van der Waals surface area (Å²) in [5, 5.41) is 14.0. The Hall–Kier alpha value is -1.70. The number of aliphatic hydroxyl groups is 1. The first-order chi connectivity index (χ1) is 10.6. The Kier molecular flexibility index (Phi) is 4.56. The van der Waals surface area contributed by atoms with E-state index in [1.807, 2.05) is 6.92 Å². The van der Waals surface area contributed by atoms with Gasteiger partial charge in [-0.3, -0.25) is 9.80 Å². The van der Waals surface area contributed by atoms with Gasteiger partial charge in [0.25, 0.3) is 0 Å². The monoisotopic (exact) mass is 306 g/mol. The number of aryl methyl sites for hydroxylation is 1. The van der Waals surface area contributed by atoms with Crippen molar-refractivity contribution in [2.45, 2.75) is 26.0 Å². The van der Waals surface area contributed by atoms with Crippen LogP contribution in [0.25, 0.3) is 0 Å². The third kappa shape index (κ3) is 3.37. The average Bonchev–Trinajstić information content (AvgIpc) is 3.18.